The molecule has 0 atom stereocenters. The third kappa shape index (κ3) is 2.05. The van der Waals surface area contributed by atoms with E-state index in [1.54, 1.807) is 6.92 Å². The number of nitriles is 1. The third-order valence-corrected chi connectivity index (χ3v) is 2.56. The lowest BCUT2D eigenvalue weighted by molar-refractivity contribution is 0.454. The highest BCUT2D eigenvalue weighted by atomic mass is 79.9. The van der Waals surface area contributed by atoms with Crippen molar-refractivity contribution in [3.8, 4) is 11.8 Å². The van der Waals surface area contributed by atoms with Crippen LogP contribution in [-0.2, 0) is 6.42 Å². The Morgan fingerprint density at radius 2 is 2.29 bits per heavy atom. The van der Waals surface area contributed by atoms with Crippen LogP contribution in [0.3, 0.4) is 0 Å². The number of hydrogen-bond donors (Lipinski definition) is 1. The van der Waals surface area contributed by atoms with Gasteiger partial charge in [-0.15, -0.1) is 0 Å². The standard InChI is InChI=1S/C10H9BrFNO/c1-6-5-8(11)10(14)7(9(6)12)3-2-4-13/h5,14H,2-3H2,1H3. The van der Waals surface area contributed by atoms with Crippen LogP contribution < -0.4 is 0 Å². The third-order valence-electron chi connectivity index (χ3n) is 1.95. The summed E-state index contributed by atoms with van der Waals surface area (Å²) in [7, 11) is 0. The Bertz CT molecular complexity index is 372. The van der Waals surface area contributed by atoms with Gasteiger partial charge in [-0.25, -0.2) is 4.39 Å². The number of hydrogen-bond acceptors (Lipinski definition) is 2. The van der Waals surface area contributed by atoms with Crippen molar-refractivity contribution >= 4 is 15.9 Å². The molecule has 0 fully saturated rings. The summed E-state index contributed by atoms with van der Waals surface area (Å²) >= 11 is 3.12. The summed E-state index contributed by atoms with van der Waals surface area (Å²) in [5.41, 5.74) is 0.668. The minimum atomic E-state index is -0.430. The van der Waals surface area contributed by atoms with Crippen LogP contribution in [0.1, 0.15) is 17.5 Å². The fraction of sp³-hybridized carbons (Fsp3) is 0.300. The van der Waals surface area contributed by atoms with Crippen molar-refractivity contribution in [1.82, 2.24) is 0 Å². The number of phenolic OH excluding ortho intramolecular Hbond substituents is 1. The number of benzene rings is 1. The summed E-state index contributed by atoms with van der Waals surface area (Å²) in [5.74, 6) is -0.538. The van der Waals surface area contributed by atoms with Gasteiger partial charge in [0.2, 0.25) is 0 Å². The van der Waals surface area contributed by atoms with Gasteiger partial charge >= 0.3 is 0 Å². The van der Waals surface area contributed by atoms with Crippen LogP contribution in [0.4, 0.5) is 4.39 Å². The zero-order valence-corrected chi connectivity index (χ0v) is 9.23. The van der Waals surface area contributed by atoms with E-state index < -0.39 is 5.82 Å². The Balaban J connectivity index is 3.19. The molecular weight excluding hydrogens is 249 g/mol. The van der Waals surface area contributed by atoms with Crippen LogP contribution in [0.2, 0.25) is 0 Å². The Kier molecular flexibility index (Phi) is 3.48. The molecule has 0 aromatic heterocycles. The van der Waals surface area contributed by atoms with Gasteiger partial charge in [0, 0.05) is 12.0 Å². The van der Waals surface area contributed by atoms with E-state index in [0.717, 1.165) is 0 Å². The van der Waals surface area contributed by atoms with Gasteiger partial charge in [0.15, 0.2) is 0 Å². The molecule has 0 saturated heterocycles. The van der Waals surface area contributed by atoms with Crippen LogP contribution in [0.25, 0.3) is 0 Å². The van der Waals surface area contributed by atoms with Crippen molar-refractivity contribution in [2.24, 2.45) is 0 Å². The molecule has 0 radical (unpaired) electrons. The predicted octanol–water partition coefficient (Wildman–Crippen LogP) is 3.06. The second-order valence-corrected chi connectivity index (χ2v) is 3.83. The molecule has 1 rings (SSSR count). The number of aryl methyl sites for hydroxylation is 1. The number of rotatable bonds is 2. The first kappa shape index (κ1) is 11.0. The van der Waals surface area contributed by atoms with Gasteiger partial charge < -0.3 is 5.11 Å². The molecule has 0 amide bonds. The number of nitrogens with zero attached hydrogens (tertiary/aromatic N) is 1. The van der Waals surface area contributed by atoms with E-state index in [-0.39, 0.29) is 24.2 Å². The largest absolute Gasteiger partial charge is 0.506 e. The summed E-state index contributed by atoms with van der Waals surface area (Å²) in [6.07, 6.45) is 0.425. The van der Waals surface area contributed by atoms with Gasteiger partial charge in [0.25, 0.3) is 0 Å². The first-order valence-corrected chi connectivity index (χ1v) is 4.90. The summed E-state index contributed by atoms with van der Waals surface area (Å²) in [4.78, 5) is 0. The molecule has 0 aliphatic rings. The maximum absolute atomic E-state index is 13.5. The second kappa shape index (κ2) is 4.43. The van der Waals surface area contributed by atoms with Gasteiger partial charge in [0.1, 0.15) is 11.6 Å². The highest BCUT2D eigenvalue weighted by Crippen LogP contribution is 2.32. The van der Waals surface area contributed by atoms with Crippen molar-refractivity contribution in [3.63, 3.8) is 0 Å². The molecule has 0 spiro atoms. The van der Waals surface area contributed by atoms with Crippen LogP contribution in [0.15, 0.2) is 10.5 Å². The zero-order valence-electron chi connectivity index (χ0n) is 7.64. The average Bonchev–Trinajstić information content (AvgIpc) is 2.15. The van der Waals surface area contributed by atoms with Crippen LogP contribution >= 0.6 is 15.9 Å². The first-order valence-electron chi connectivity index (χ1n) is 4.11. The summed E-state index contributed by atoms with van der Waals surface area (Å²) < 4.78 is 13.9. The molecule has 1 aromatic carbocycles. The smallest absolute Gasteiger partial charge is 0.135 e. The SMILES string of the molecule is Cc1cc(Br)c(O)c(CCC#N)c1F. The van der Waals surface area contributed by atoms with Crippen molar-refractivity contribution in [3.05, 3.63) is 27.5 Å². The molecule has 0 bridgehead atoms. The lowest BCUT2D eigenvalue weighted by Crippen LogP contribution is -1.95. The fourth-order valence-corrected chi connectivity index (χ4v) is 1.80. The lowest BCUT2D eigenvalue weighted by Gasteiger charge is -2.08. The second-order valence-electron chi connectivity index (χ2n) is 2.97. The maximum Gasteiger partial charge on any atom is 0.135 e. The van der Waals surface area contributed by atoms with E-state index in [9.17, 15) is 9.50 Å². The molecule has 0 unspecified atom stereocenters. The van der Waals surface area contributed by atoms with Gasteiger partial charge in [-0.2, -0.15) is 5.26 Å². The summed E-state index contributed by atoms with van der Waals surface area (Å²) in [6.45, 7) is 1.62. The molecule has 14 heavy (non-hydrogen) atoms. The van der Waals surface area contributed by atoms with Crippen LogP contribution in [0.5, 0.6) is 5.75 Å². The van der Waals surface area contributed by atoms with Crippen molar-refractivity contribution in [2.75, 3.05) is 0 Å². The Labute approximate surface area is 90.1 Å². The number of phenols is 1. The minimum absolute atomic E-state index is 0.108. The van der Waals surface area contributed by atoms with E-state index in [2.05, 4.69) is 15.9 Å². The lowest BCUT2D eigenvalue weighted by atomic mass is 10.1. The fourth-order valence-electron chi connectivity index (χ4n) is 1.22. The number of aromatic hydroxyl groups is 1. The maximum atomic E-state index is 13.5. The zero-order chi connectivity index (χ0) is 10.7. The molecule has 1 aromatic rings. The Morgan fingerprint density at radius 3 is 2.86 bits per heavy atom. The normalized spacial score (nSPS) is 9.86. The number of halogens is 2. The van der Waals surface area contributed by atoms with Crippen LogP contribution in [-0.4, -0.2) is 5.11 Å². The summed E-state index contributed by atoms with van der Waals surface area (Å²) in [5, 5.41) is 17.9. The van der Waals surface area contributed by atoms with E-state index in [1.165, 1.54) is 6.07 Å². The van der Waals surface area contributed by atoms with Crippen molar-refractivity contribution < 1.29 is 9.50 Å². The van der Waals surface area contributed by atoms with Gasteiger partial charge in [-0.05, 0) is 40.9 Å². The van der Waals surface area contributed by atoms with E-state index in [4.69, 9.17) is 5.26 Å². The molecular formula is C10H9BrFNO. The quantitative estimate of drug-likeness (QED) is 0.885. The molecule has 0 aliphatic heterocycles. The molecule has 2 nitrogen and oxygen atoms in total. The average molecular weight is 258 g/mol. The highest BCUT2D eigenvalue weighted by molar-refractivity contribution is 9.10. The Morgan fingerprint density at radius 1 is 1.64 bits per heavy atom. The van der Waals surface area contributed by atoms with E-state index in [0.29, 0.717) is 10.0 Å². The highest BCUT2D eigenvalue weighted by Gasteiger charge is 2.13. The first-order chi connectivity index (χ1) is 6.57. The van der Waals surface area contributed by atoms with Crippen LogP contribution in [0, 0.1) is 24.1 Å². The van der Waals surface area contributed by atoms with Crippen molar-refractivity contribution in [2.45, 2.75) is 19.8 Å². The van der Waals surface area contributed by atoms with E-state index >= 15 is 0 Å². The molecule has 0 heterocycles. The molecule has 74 valence electrons. The van der Waals surface area contributed by atoms with Gasteiger partial charge in [-0.3, -0.25) is 0 Å². The molecule has 4 heteroatoms. The Hall–Kier alpha value is -1.08. The topological polar surface area (TPSA) is 44.0 Å². The molecule has 0 saturated carbocycles. The predicted molar refractivity (Wildman–Crippen MR) is 54.4 cm³/mol. The van der Waals surface area contributed by atoms with Gasteiger partial charge in [-0.1, -0.05) is 0 Å². The van der Waals surface area contributed by atoms with E-state index in [1.807, 2.05) is 6.07 Å². The molecule has 0 aliphatic carbocycles. The molecule has 1 N–H and O–H groups in total. The van der Waals surface area contributed by atoms with Crippen molar-refractivity contribution in [1.29, 1.82) is 5.26 Å². The summed E-state index contributed by atoms with van der Waals surface area (Å²) in [6, 6.07) is 3.43. The minimum Gasteiger partial charge on any atom is -0.506 e. The van der Waals surface area contributed by atoms with Gasteiger partial charge in [0.05, 0.1) is 10.5 Å². The monoisotopic (exact) mass is 257 g/mol.